The molecule has 0 heterocycles. The van der Waals surface area contributed by atoms with Crippen molar-refractivity contribution in [3.05, 3.63) is 29.3 Å². The largest absolute Gasteiger partial charge is 0.490 e. The highest BCUT2D eigenvalue weighted by atomic mass is 19.1. The summed E-state index contributed by atoms with van der Waals surface area (Å²) in [6.07, 6.45) is 0.603. The Bertz CT molecular complexity index is 390. The van der Waals surface area contributed by atoms with Gasteiger partial charge in [-0.15, -0.1) is 0 Å². The van der Waals surface area contributed by atoms with Gasteiger partial charge in [-0.25, -0.2) is 9.18 Å². The van der Waals surface area contributed by atoms with Crippen LogP contribution in [0.4, 0.5) is 4.39 Å². The number of carbonyl (C=O) groups is 2. The van der Waals surface area contributed by atoms with E-state index in [4.69, 9.17) is 4.74 Å². The number of ether oxygens (including phenoxy) is 2. The van der Waals surface area contributed by atoms with E-state index in [0.29, 0.717) is 11.8 Å². The van der Waals surface area contributed by atoms with Crippen molar-refractivity contribution < 1.29 is 23.5 Å². The molecule has 0 unspecified atom stereocenters. The number of aldehydes is 1. The molecule has 0 N–H and O–H groups in total. The smallest absolute Gasteiger partial charge is 0.341 e. The summed E-state index contributed by atoms with van der Waals surface area (Å²) in [7, 11) is 1.22. The highest BCUT2D eigenvalue weighted by molar-refractivity contribution is 5.94. The summed E-state index contributed by atoms with van der Waals surface area (Å²) >= 11 is 0. The number of rotatable bonds is 5. The van der Waals surface area contributed by atoms with E-state index in [2.05, 4.69) is 4.74 Å². The quantitative estimate of drug-likeness (QED) is 0.565. The first-order chi connectivity index (χ1) is 7.72. The highest BCUT2D eigenvalue weighted by Gasteiger charge is 2.13. The first kappa shape index (κ1) is 12.2. The first-order valence-corrected chi connectivity index (χ1v) is 4.59. The van der Waals surface area contributed by atoms with Crippen LogP contribution in [0.25, 0.3) is 0 Å². The zero-order valence-corrected chi connectivity index (χ0v) is 8.73. The molecule has 0 amide bonds. The minimum absolute atomic E-state index is 0.112. The van der Waals surface area contributed by atoms with E-state index in [1.165, 1.54) is 25.3 Å². The van der Waals surface area contributed by atoms with Crippen molar-refractivity contribution in [1.82, 2.24) is 0 Å². The van der Waals surface area contributed by atoms with Crippen LogP contribution in [-0.2, 0) is 4.74 Å². The Labute approximate surface area is 92.0 Å². The minimum atomic E-state index is -0.657. The summed E-state index contributed by atoms with van der Waals surface area (Å²) in [6.45, 7) is -0.805. The van der Waals surface area contributed by atoms with E-state index in [0.717, 1.165) is 0 Å². The van der Waals surface area contributed by atoms with Crippen LogP contribution < -0.4 is 4.74 Å². The number of methoxy groups -OCH3 is 1. The molecule has 86 valence electrons. The Balaban J connectivity index is 3.05. The first-order valence-electron chi connectivity index (χ1n) is 4.59. The molecule has 0 saturated heterocycles. The zero-order valence-electron chi connectivity index (χ0n) is 8.73. The maximum absolute atomic E-state index is 11.9. The van der Waals surface area contributed by atoms with Crippen molar-refractivity contribution in [1.29, 1.82) is 0 Å². The fourth-order valence-electron chi connectivity index (χ4n) is 1.16. The molecule has 0 aromatic heterocycles. The topological polar surface area (TPSA) is 52.6 Å². The number of carbonyl (C=O) groups excluding carboxylic acids is 2. The second kappa shape index (κ2) is 5.85. The lowest BCUT2D eigenvalue weighted by Crippen LogP contribution is -2.08. The molecule has 0 aliphatic carbocycles. The molecule has 0 bridgehead atoms. The number of halogens is 1. The van der Waals surface area contributed by atoms with Crippen LogP contribution in [-0.4, -0.2) is 32.6 Å². The maximum Gasteiger partial charge on any atom is 0.341 e. The fourth-order valence-corrected chi connectivity index (χ4v) is 1.16. The lowest BCUT2D eigenvalue weighted by Gasteiger charge is -2.09. The van der Waals surface area contributed by atoms with Gasteiger partial charge in [0.1, 0.15) is 30.9 Å². The molecule has 0 spiro atoms. The van der Waals surface area contributed by atoms with Gasteiger partial charge in [0.25, 0.3) is 0 Å². The van der Waals surface area contributed by atoms with E-state index in [1.807, 2.05) is 0 Å². The predicted octanol–water partition coefficient (Wildman–Crippen LogP) is 1.63. The van der Waals surface area contributed by atoms with E-state index < -0.39 is 12.6 Å². The van der Waals surface area contributed by atoms with Crippen LogP contribution in [0.2, 0.25) is 0 Å². The van der Waals surface area contributed by atoms with E-state index in [9.17, 15) is 14.0 Å². The lowest BCUT2D eigenvalue weighted by molar-refractivity contribution is 0.0595. The SMILES string of the molecule is COC(=O)c1cc(C=O)ccc1OCCF. The van der Waals surface area contributed by atoms with Crippen molar-refractivity contribution in [3.63, 3.8) is 0 Å². The Morgan fingerprint density at radius 1 is 1.50 bits per heavy atom. The van der Waals surface area contributed by atoms with Gasteiger partial charge in [0.05, 0.1) is 7.11 Å². The third-order valence-corrected chi connectivity index (χ3v) is 1.88. The molecule has 1 aromatic carbocycles. The minimum Gasteiger partial charge on any atom is -0.490 e. The summed E-state index contributed by atoms with van der Waals surface area (Å²) < 4.78 is 21.5. The summed E-state index contributed by atoms with van der Waals surface area (Å²) in [5.74, 6) is -0.423. The number of alkyl halides is 1. The molecule has 1 aromatic rings. The molecule has 0 atom stereocenters. The molecular weight excluding hydrogens is 215 g/mol. The van der Waals surface area contributed by atoms with Gasteiger partial charge in [-0.2, -0.15) is 0 Å². The van der Waals surface area contributed by atoms with Crippen LogP contribution in [0.5, 0.6) is 5.75 Å². The van der Waals surface area contributed by atoms with Gasteiger partial charge in [0.2, 0.25) is 0 Å². The zero-order chi connectivity index (χ0) is 12.0. The Morgan fingerprint density at radius 3 is 2.81 bits per heavy atom. The standard InChI is InChI=1S/C11H11FO4/c1-15-11(14)9-6-8(7-13)2-3-10(9)16-5-4-12/h2-3,6-7H,4-5H2,1H3. The molecule has 5 heteroatoms. The van der Waals surface area contributed by atoms with Crippen molar-refractivity contribution in [2.45, 2.75) is 0 Å². The lowest BCUT2D eigenvalue weighted by atomic mass is 10.1. The third-order valence-electron chi connectivity index (χ3n) is 1.88. The monoisotopic (exact) mass is 226 g/mol. The number of benzene rings is 1. The number of hydrogen-bond donors (Lipinski definition) is 0. The molecule has 0 fully saturated rings. The van der Waals surface area contributed by atoms with Crippen LogP contribution in [0.15, 0.2) is 18.2 Å². The number of hydrogen-bond acceptors (Lipinski definition) is 4. The summed E-state index contributed by atoms with van der Waals surface area (Å²) in [6, 6.07) is 4.26. The van der Waals surface area contributed by atoms with Crippen LogP contribution in [0, 0.1) is 0 Å². The molecule has 0 radical (unpaired) electrons. The van der Waals surface area contributed by atoms with Crippen molar-refractivity contribution in [2.75, 3.05) is 20.4 Å². The average Bonchev–Trinajstić information content (AvgIpc) is 2.35. The molecule has 0 aliphatic heterocycles. The van der Waals surface area contributed by atoms with Gasteiger partial charge in [-0.3, -0.25) is 4.79 Å². The Kier molecular flexibility index (Phi) is 4.44. The van der Waals surface area contributed by atoms with Crippen LogP contribution >= 0.6 is 0 Å². The van der Waals surface area contributed by atoms with Crippen molar-refractivity contribution >= 4 is 12.3 Å². The van der Waals surface area contributed by atoms with E-state index >= 15 is 0 Å². The molecule has 0 aliphatic rings. The highest BCUT2D eigenvalue weighted by Crippen LogP contribution is 2.20. The third kappa shape index (κ3) is 2.79. The second-order valence-electron chi connectivity index (χ2n) is 2.90. The molecule has 4 nitrogen and oxygen atoms in total. The molecular formula is C11H11FO4. The van der Waals surface area contributed by atoms with E-state index in [1.54, 1.807) is 0 Å². The van der Waals surface area contributed by atoms with Gasteiger partial charge < -0.3 is 9.47 Å². The molecule has 0 saturated carbocycles. The Morgan fingerprint density at radius 2 is 2.25 bits per heavy atom. The van der Waals surface area contributed by atoms with Crippen LogP contribution in [0.1, 0.15) is 20.7 Å². The summed E-state index contributed by atoms with van der Waals surface area (Å²) in [5.41, 5.74) is 0.438. The van der Waals surface area contributed by atoms with Crippen molar-refractivity contribution in [3.8, 4) is 5.75 Å². The molecule has 16 heavy (non-hydrogen) atoms. The van der Waals surface area contributed by atoms with E-state index in [-0.39, 0.29) is 17.9 Å². The van der Waals surface area contributed by atoms with Gasteiger partial charge in [0, 0.05) is 5.56 Å². The summed E-state index contributed by atoms with van der Waals surface area (Å²) in [4.78, 5) is 21.9. The van der Waals surface area contributed by atoms with Gasteiger partial charge in [0.15, 0.2) is 0 Å². The summed E-state index contributed by atoms with van der Waals surface area (Å²) in [5, 5.41) is 0. The van der Waals surface area contributed by atoms with Crippen molar-refractivity contribution in [2.24, 2.45) is 0 Å². The van der Waals surface area contributed by atoms with Gasteiger partial charge in [-0.05, 0) is 18.2 Å². The normalized spacial score (nSPS) is 9.62. The fraction of sp³-hybridized carbons (Fsp3) is 0.273. The molecule has 1 rings (SSSR count). The average molecular weight is 226 g/mol. The maximum atomic E-state index is 11.9. The second-order valence-corrected chi connectivity index (χ2v) is 2.90. The van der Waals surface area contributed by atoms with Gasteiger partial charge >= 0.3 is 5.97 Å². The van der Waals surface area contributed by atoms with Crippen LogP contribution in [0.3, 0.4) is 0 Å². The van der Waals surface area contributed by atoms with Gasteiger partial charge in [-0.1, -0.05) is 0 Å². The Hall–Kier alpha value is -1.91. The number of esters is 1. The predicted molar refractivity (Wildman–Crippen MR) is 54.6 cm³/mol.